The van der Waals surface area contributed by atoms with E-state index < -0.39 is 46.9 Å². The molecule has 22 heteroatoms. The molecule has 0 atom stereocenters. The molecule has 0 bridgehead atoms. The van der Waals surface area contributed by atoms with Gasteiger partial charge in [0.05, 0.1) is 48.0 Å². The number of nitrogens with one attached hydrogen (secondary N) is 5. The molecule has 0 saturated heterocycles. The van der Waals surface area contributed by atoms with Crippen LogP contribution in [0.3, 0.4) is 0 Å². The van der Waals surface area contributed by atoms with E-state index in [4.69, 9.17) is 9.47 Å². The Balaban J connectivity index is 1.22. The second-order valence-corrected chi connectivity index (χ2v) is 14.6. The number of carbonyl (C=O) groups is 2. The molecule has 0 fully saturated rings. The van der Waals surface area contributed by atoms with Crippen LogP contribution in [0.15, 0.2) is 91.0 Å². The molecule has 16 nitrogen and oxygen atoms in total. The van der Waals surface area contributed by atoms with Crippen molar-refractivity contribution in [3.63, 3.8) is 0 Å². The van der Waals surface area contributed by atoms with Crippen molar-refractivity contribution in [3.05, 3.63) is 125 Å². The highest BCUT2D eigenvalue weighted by Gasteiger charge is 2.37. The second-order valence-electron chi connectivity index (χ2n) is 14.6. The van der Waals surface area contributed by atoms with Crippen molar-refractivity contribution < 1.29 is 45.4 Å². The van der Waals surface area contributed by atoms with Crippen molar-refractivity contribution in [1.29, 1.82) is 0 Å². The van der Waals surface area contributed by atoms with Gasteiger partial charge in [0, 0.05) is 49.9 Å². The Morgan fingerprint density at radius 3 is 1.91 bits per heavy atom. The highest BCUT2D eigenvalue weighted by molar-refractivity contribution is 6.01. The van der Waals surface area contributed by atoms with E-state index in [9.17, 15) is 35.9 Å². The van der Waals surface area contributed by atoms with Crippen LogP contribution < -0.4 is 41.4 Å². The summed E-state index contributed by atoms with van der Waals surface area (Å²) in [6.45, 7) is 10.3. The van der Waals surface area contributed by atoms with Gasteiger partial charge in [-0.25, -0.2) is 19.9 Å². The highest BCUT2D eigenvalue weighted by Crippen LogP contribution is 2.39. The Hall–Kier alpha value is -8.04. The van der Waals surface area contributed by atoms with Crippen LogP contribution in [0, 0.1) is 27.7 Å². The maximum absolute atomic E-state index is 14.2. The zero-order valence-corrected chi connectivity index (χ0v) is 36.2. The lowest BCUT2D eigenvalue weighted by molar-refractivity contribution is -0.138. The first kappa shape index (κ1) is 47.4. The van der Waals surface area contributed by atoms with Crippen molar-refractivity contribution in [2.75, 3.05) is 40.8 Å². The topological polar surface area (TPSA) is 194 Å². The predicted molar refractivity (Wildman–Crippen MR) is 235 cm³/mol. The zero-order valence-electron chi connectivity index (χ0n) is 36.2. The molecule has 0 radical (unpaired) electrons. The number of rotatable bonds is 15. The quantitative estimate of drug-likeness (QED) is 0.0485. The van der Waals surface area contributed by atoms with Gasteiger partial charge in [0.1, 0.15) is 22.8 Å². The number of benzene rings is 2. The third-order valence-corrected chi connectivity index (χ3v) is 9.59. The number of methoxy groups -OCH3 is 2. The fourth-order valence-electron chi connectivity index (χ4n) is 6.22. The lowest BCUT2D eigenvalue weighted by Crippen LogP contribution is -2.19. The Labute approximate surface area is 373 Å². The maximum atomic E-state index is 14.2. The maximum Gasteiger partial charge on any atom is 0.421 e. The number of alkyl halides is 6. The van der Waals surface area contributed by atoms with Crippen molar-refractivity contribution in [2.45, 2.75) is 53.0 Å². The fourth-order valence-corrected chi connectivity index (χ4v) is 6.22. The molecule has 0 aliphatic carbocycles. The van der Waals surface area contributed by atoms with Gasteiger partial charge in [-0.3, -0.25) is 9.59 Å². The van der Waals surface area contributed by atoms with Crippen LogP contribution in [0.25, 0.3) is 0 Å². The van der Waals surface area contributed by atoms with Crippen molar-refractivity contribution in [3.8, 4) is 11.8 Å². The van der Waals surface area contributed by atoms with E-state index in [1.165, 1.54) is 38.6 Å². The van der Waals surface area contributed by atoms with Gasteiger partial charge in [-0.1, -0.05) is 18.7 Å². The summed E-state index contributed by atoms with van der Waals surface area (Å²) in [6.07, 6.45) is -4.46. The number of aryl methyl sites for hydroxylation is 5. The first-order valence-corrected chi connectivity index (χ1v) is 19.7. The van der Waals surface area contributed by atoms with E-state index in [1.54, 1.807) is 68.8 Å². The number of pyridine rings is 2. The van der Waals surface area contributed by atoms with E-state index in [0.717, 1.165) is 11.6 Å². The second kappa shape index (κ2) is 19.8. The number of amides is 2. The number of hydrogen-bond acceptors (Lipinski definition) is 13. The van der Waals surface area contributed by atoms with E-state index in [2.05, 4.69) is 63.1 Å². The summed E-state index contributed by atoms with van der Waals surface area (Å²) in [5.74, 6) is -2.31. The molecule has 6 aromatic rings. The molecule has 344 valence electrons. The number of anilines is 8. The van der Waals surface area contributed by atoms with E-state index in [-0.39, 0.29) is 64.7 Å². The smallest absolute Gasteiger partial charge is 0.421 e. The number of halogens is 6. The molecule has 6 rings (SSSR count). The molecular weight excluding hydrogens is 875 g/mol. The number of aromatic nitrogens is 6. The third kappa shape index (κ3) is 11.7. The van der Waals surface area contributed by atoms with Crippen LogP contribution in [0.1, 0.15) is 39.8 Å². The Morgan fingerprint density at radius 2 is 1.32 bits per heavy atom. The molecule has 66 heavy (non-hydrogen) atoms. The number of ether oxygens (including phenoxy) is 2. The minimum absolute atomic E-state index is 0.0508. The normalized spacial score (nSPS) is 11.7. The van der Waals surface area contributed by atoms with Crippen LogP contribution in [0.4, 0.5) is 78.3 Å². The van der Waals surface area contributed by atoms with Crippen LogP contribution >= 0.6 is 0 Å². The summed E-state index contributed by atoms with van der Waals surface area (Å²) in [4.78, 5) is 50.0. The van der Waals surface area contributed by atoms with Gasteiger partial charge in [0.25, 0.3) is 5.95 Å². The van der Waals surface area contributed by atoms with E-state index >= 15 is 0 Å². The summed E-state index contributed by atoms with van der Waals surface area (Å²) in [7, 11) is 2.79. The summed E-state index contributed by atoms with van der Waals surface area (Å²) in [6, 6.07) is 12.5. The third-order valence-electron chi connectivity index (χ3n) is 9.59. The summed E-state index contributed by atoms with van der Waals surface area (Å²) < 4.78 is 97.4. The Kier molecular flexibility index (Phi) is 14.2. The summed E-state index contributed by atoms with van der Waals surface area (Å²) in [5.41, 5.74) is 1.27. The predicted octanol–water partition coefficient (Wildman–Crippen LogP) is 9.37. The van der Waals surface area contributed by atoms with Gasteiger partial charge in [-0.15, -0.1) is 0 Å². The summed E-state index contributed by atoms with van der Waals surface area (Å²) >= 11 is 0. The minimum Gasteiger partial charge on any atom is -0.482 e. The van der Waals surface area contributed by atoms with Crippen molar-refractivity contribution in [1.82, 2.24) is 29.5 Å². The highest BCUT2D eigenvalue weighted by atomic mass is 19.4. The Morgan fingerprint density at radius 1 is 0.712 bits per heavy atom. The standard InChI is InChI=1S/C44H42F6N12O4/c1-8-35(63)54-33-15-23(2)9-11-29(33)56-39-28(44(48,49)50)21-53-42(61-39)59-32-18-38(66-7)62(22-26(32)5)14-13-36(64)55-34-16-24(3)10-12-30(34)57-40-27(43(45,46)47)20-52-41(60-40)58-31-17-37(65-6)51-19-25(31)4/h8-12,15-22H,1,13-14H2,2-7H3,(H,54,63)(H,55,64)(H,53,56,61)(H2,51,52,57,58,60). The fraction of sp³-hybridized carbons (Fsp3) is 0.227. The molecule has 0 aliphatic rings. The molecule has 0 aliphatic heterocycles. The van der Waals surface area contributed by atoms with Crippen LogP contribution in [-0.2, 0) is 28.5 Å². The summed E-state index contributed by atoms with van der Waals surface area (Å²) in [5, 5.41) is 13.8. The lowest BCUT2D eigenvalue weighted by atomic mass is 10.1. The minimum atomic E-state index is -4.86. The van der Waals surface area contributed by atoms with Gasteiger partial charge in [0.15, 0.2) is 5.88 Å². The molecule has 5 N–H and O–H groups in total. The van der Waals surface area contributed by atoms with Gasteiger partial charge >= 0.3 is 12.4 Å². The van der Waals surface area contributed by atoms with Crippen LogP contribution in [0.2, 0.25) is 0 Å². The molecule has 2 amide bonds. The molecule has 4 heterocycles. The molecule has 0 saturated carbocycles. The molecule has 4 aromatic heterocycles. The van der Waals surface area contributed by atoms with Gasteiger partial charge in [0.2, 0.25) is 23.6 Å². The average Bonchev–Trinajstić information content (AvgIpc) is 3.25. The number of hydrogen-bond donors (Lipinski definition) is 5. The average molecular weight is 917 g/mol. The molecule has 0 unspecified atom stereocenters. The van der Waals surface area contributed by atoms with Gasteiger partial charge < -0.3 is 40.6 Å². The van der Waals surface area contributed by atoms with Crippen molar-refractivity contribution in [2.24, 2.45) is 4.99 Å². The van der Waals surface area contributed by atoms with Crippen LogP contribution in [-0.4, -0.2) is 55.5 Å². The van der Waals surface area contributed by atoms with Crippen molar-refractivity contribution >= 4 is 63.8 Å². The monoisotopic (exact) mass is 916 g/mol. The molecular formula is C44H42F6N12O4. The molecule has 2 aromatic carbocycles. The van der Waals surface area contributed by atoms with Gasteiger partial charge in [-0.05, 0) is 80.3 Å². The van der Waals surface area contributed by atoms with E-state index in [0.29, 0.717) is 34.8 Å². The molecule has 0 spiro atoms. The zero-order chi connectivity index (χ0) is 47.9. The lowest BCUT2D eigenvalue weighted by Gasteiger charge is -2.18. The number of nitrogens with zero attached hydrogens (tertiary/aromatic N) is 7. The first-order valence-electron chi connectivity index (χ1n) is 19.7. The largest absolute Gasteiger partial charge is 0.482 e. The van der Waals surface area contributed by atoms with Crippen LogP contribution in [0.5, 0.6) is 11.8 Å². The first-order chi connectivity index (χ1) is 31.2. The number of carbonyl (C=O) groups excluding carboxylic acids is 2. The SMILES string of the molecule is C=CC(=O)Nc1cc(C)ccc1Nc1nc(N=c2cc(OC)n(CCC(=O)Nc3cc(C)ccc3Nc3nc(Nc4cc(OC)ncc4C)ncc3C(F)(F)F)cc2C)ncc1C(F)(F)F. The van der Waals surface area contributed by atoms with E-state index in [1.807, 2.05) is 0 Å². The van der Waals surface area contributed by atoms with Gasteiger partial charge in [-0.2, -0.15) is 36.3 Å². The Bertz CT molecular complexity index is 2880.